The van der Waals surface area contributed by atoms with Gasteiger partial charge in [0.1, 0.15) is 0 Å². The summed E-state index contributed by atoms with van der Waals surface area (Å²) >= 11 is 0. The van der Waals surface area contributed by atoms with Crippen molar-refractivity contribution in [3.05, 3.63) is 72.3 Å². The molecule has 2 aromatic carbocycles. The molecule has 0 unspecified atom stereocenters. The second-order valence-electron chi connectivity index (χ2n) is 5.59. The van der Waals surface area contributed by atoms with Crippen LogP contribution in [-0.2, 0) is 0 Å². The number of carbonyl (C=O) groups is 1. The largest absolute Gasteiger partial charge is 0.504 e. The maximum absolute atomic E-state index is 12.5. The molecule has 25 heavy (non-hydrogen) atoms. The Bertz CT molecular complexity index is 1100. The van der Waals surface area contributed by atoms with Gasteiger partial charge in [-0.05, 0) is 30.3 Å². The zero-order valence-corrected chi connectivity index (χ0v) is 13.0. The highest BCUT2D eigenvalue weighted by atomic mass is 16.3. The number of phenols is 2. The Morgan fingerprint density at radius 3 is 2.60 bits per heavy atom. The quantitative estimate of drug-likeness (QED) is 0.395. The Hall–Kier alpha value is -3.67. The molecular formula is C19H13N3O3. The van der Waals surface area contributed by atoms with Crippen molar-refractivity contribution in [1.29, 1.82) is 0 Å². The minimum Gasteiger partial charge on any atom is -0.504 e. The minimum absolute atomic E-state index is 0.147. The first kappa shape index (κ1) is 14.9. The maximum Gasteiger partial charge on any atom is 0.228 e. The number of pyridine rings is 1. The fraction of sp³-hybridized carbons (Fsp3) is 0. The summed E-state index contributed by atoms with van der Waals surface area (Å²) in [5, 5.41) is 19.9. The molecule has 0 fully saturated rings. The molecule has 0 bridgehead atoms. The summed E-state index contributed by atoms with van der Waals surface area (Å²) < 4.78 is 0. The molecule has 4 rings (SSSR count). The molecule has 0 aliphatic carbocycles. The predicted molar refractivity (Wildman–Crippen MR) is 92.5 cm³/mol. The summed E-state index contributed by atoms with van der Waals surface area (Å²) in [6.07, 6.45) is 3.29. The second-order valence-corrected chi connectivity index (χ2v) is 5.59. The number of hydrogen-bond acceptors (Lipinski definition) is 5. The molecule has 0 saturated heterocycles. The third kappa shape index (κ3) is 2.70. The van der Waals surface area contributed by atoms with Crippen LogP contribution in [0.25, 0.3) is 22.2 Å². The first-order chi connectivity index (χ1) is 12.1. The summed E-state index contributed by atoms with van der Waals surface area (Å²) in [7, 11) is 0. The number of aromatic amines is 1. The molecule has 2 heterocycles. The van der Waals surface area contributed by atoms with Gasteiger partial charge in [-0.25, -0.2) is 4.98 Å². The van der Waals surface area contributed by atoms with Gasteiger partial charge in [-0.1, -0.05) is 18.2 Å². The lowest BCUT2D eigenvalue weighted by Gasteiger charge is -2.02. The van der Waals surface area contributed by atoms with Gasteiger partial charge in [0.25, 0.3) is 0 Å². The van der Waals surface area contributed by atoms with Gasteiger partial charge in [-0.3, -0.25) is 9.78 Å². The van der Waals surface area contributed by atoms with E-state index in [4.69, 9.17) is 0 Å². The normalized spacial score (nSPS) is 10.9. The standard InChI is InChI=1S/C19H13N3O3/c23-16-6-5-12(8-17(16)24)18(25)19-21-10-15(22-19)13-7-11-3-1-2-4-14(11)20-9-13/h1-10,23-24H,(H,21,22). The van der Waals surface area contributed by atoms with Gasteiger partial charge >= 0.3 is 0 Å². The number of hydrogen-bond donors (Lipinski definition) is 3. The molecule has 0 radical (unpaired) electrons. The van der Waals surface area contributed by atoms with Gasteiger partial charge in [0.05, 0.1) is 17.4 Å². The van der Waals surface area contributed by atoms with Crippen molar-refractivity contribution in [3.63, 3.8) is 0 Å². The van der Waals surface area contributed by atoms with Crippen LogP contribution in [0.15, 0.2) is 60.9 Å². The zero-order chi connectivity index (χ0) is 17.4. The van der Waals surface area contributed by atoms with E-state index in [0.717, 1.165) is 16.5 Å². The smallest absolute Gasteiger partial charge is 0.228 e. The average molecular weight is 331 g/mol. The molecule has 0 aliphatic heterocycles. The molecule has 3 N–H and O–H groups in total. The molecule has 0 amide bonds. The number of nitrogens with one attached hydrogen (secondary N) is 1. The molecule has 6 nitrogen and oxygen atoms in total. The molecule has 0 atom stereocenters. The summed E-state index contributed by atoms with van der Waals surface area (Å²) in [5.74, 6) is -0.862. The number of H-pyrrole nitrogens is 1. The van der Waals surface area contributed by atoms with E-state index < -0.39 is 0 Å². The topological polar surface area (TPSA) is 99.1 Å². The maximum atomic E-state index is 12.5. The van der Waals surface area contributed by atoms with Gasteiger partial charge in [0.2, 0.25) is 5.78 Å². The van der Waals surface area contributed by atoms with E-state index in [1.807, 2.05) is 30.3 Å². The first-order valence-corrected chi connectivity index (χ1v) is 7.59. The van der Waals surface area contributed by atoms with Crippen molar-refractivity contribution in [3.8, 4) is 22.8 Å². The Balaban J connectivity index is 1.68. The van der Waals surface area contributed by atoms with E-state index in [1.54, 1.807) is 12.4 Å². The summed E-state index contributed by atoms with van der Waals surface area (Å²) in [5.41, 5.74) is 2.61. The van der Waals surface area contributed by atoms with Crippen LogP contribution >= 0.6 is 0 Å². The highest BCUT2D eigenvalue weighted by Crippen LogP contribution is 2.26. The van der Waals surface area contributed by atoms with Crippen LogP contribution in [0.3, 0.4) is 0 Å². The van der Waals surface area contributed by atoms with Crippen LogP contribution in [0.5, 0.6) is 11.5 Å². The highest BCUT2D eigenvalue weighted by molar-refractivity contribution is 6.07. The number of ketones is 1. The number of imidazole rings is 1. The van der Waals surface area contributed by atoms with E-state index in [-0.39, 0.29) is 28.7 Å². The Morgan fingerprint density at radius 1 is 0.920 bits per heavy atom. The van der Waals surface area contributed by atoms with Gasteiger partial charge in [-0.2, -0.15) is 0 Å². The van der Waals surface area contributed by atoms with E-state index in [1.165, 1.54) is 18.2 Å². The van der Waals surface area contributed by atoms with Gasteiger partial charge in [0.15, 0.2) is 17.3 Å². The molecular weight excluding hydrogens is 318 g/mol. The Kier molecular flexibility index (Phi) is 3.43. The van der Waals surface area contributed by atoms with Crippen LogP contribution < -0.4 is 0 Å². The number of benzene rings is 2. The fourth-order valence-electron chi connectivity index (χ4n) is 2.60. The molecule has 6 heteroatoms. The Labute approximate surface area is 142 Å². The predicted octanol–water partition coefficient (Wildman–Crippen LogP) is 3.27. The molecule has 2 aromatic heterocycles. The summed E-state index contributed by atoms with van der Waals surface area (Å²) in [6.45, 7) is 0. The average Bonchev–Trinajstić information content (AvgIpc) is 3.13. The van der Waals surface area contributed by atoms with Crippen LogP contribution in [0.2, 0.25) is 0 Å². The van der Waals surface area contributed by atoms with E-state index in [2.05, 4.69) is 15.0 Å². The van der Waals surface area contributed by atoms with Crippen molar-refractivity contribution in [1.82, 2.24) is 15.0 Å². The fourth-order valence-corrected chi connectivity index (χ4v) is 2.60. The number of nitrogens with zero attached hydrogens (tertiary/aromatic N) is 2. The number of para-hydroxylation sites is 1. The third-order valence-electron chi connectivity index (χ3n) is 3.93. The van der Waals surface area contributed by atoms with Crippen molar-refractivity contribution in [2.75, 3.05) is 0 Å². The van der Waals surface area contributed by atoms with Crippen molar-refractivity contribution >= 4 is 16.7 Å². The van der Waals surface area contributed by atoms with Crippen molar-refractivity contribution in [2.45, 2.75) is 0 Å². The lowest BCUT2D eigenvalue weighted by atomic mass is 10.1. The van der Waals surface area contributed by atoms with E-state index in [0.29, 0.717) is 5.69 Å². The number of rotatable bonds is 3. The van der Waals surface area contributed by atoms with Crippen molar-refractivity contribution in [2.24, 2.45) is 0 Å². The summed E-state index contributed by atoms with van der Waals surface area (Å²) in [4.78, 5) is 24.0. The van der Waals surface area contributed by atoms with Crippen LogP contribution in [0.1, 0.15) is 16.2 Å². The van der Waals surface area contributed by atoms with Gasteiger partial charge in [-0.15, -0.1) is 0 Å². The molecule has 4 aromatic rings. The molecule has 0 saturated carbocycles. The number of aromatic hydroxyl groups is 2. The van der Waals surface area contributed by atoms with E-state index in [9.17, 15) is 15.0 Å². The highest BCUT2D eigenvalue weighted by Gasteiger charge is 2.15. The monoisotopic (exact) mass is 331 g/mol. The SMILES string of the molecule is O=C(c1ccc(O)c(O)c1)c1ncc(-c2cnc3ccccc3c2)[nH]1. The number of carbonyl (C=O) groups excluding carboxylic acids is 1. The molecule has 0 aliphatic rings. The first-order valence-electron chi connectivity index (χ1n) is 7.59. The Morgan fingerprint density at radius 2 is 1.76 bits per heavy atom. The number of phenolic OH excluding ortho intramolecular Hbond substituents is 2. The second kappa shape index (κ2) is 5.76. The van der Waals surface area contributed by atoms with Gasteiger partial charge < -0.3 is 15.2 Å². The number of fused-ring (bicyclic) bond motifs is 1. The lowest BCUT2D eigenvalue weighted by molar-refractivity contribution is 0.103. The van der Waals surface area contributed by atoms with Crippen LogP contribution in [0, 0.1) is 0 Å². The third-order valence-corrected chi connectivity index (χ3v) is 3.93. The zero-order valence-electron chi connectivity index (χ0n) is 13.0. The van der Waals surface area contributed by atoms with E-state index >= 15 is 0 Å². The summed E-state index contributed by atoms with van der Waals surface area (Å²) in [6, 6.07) is 13.6. The molecule has 0 spiro atoms. The lowest BCUT2D eigenvalue weighted by Crippen LogP contribution is -2.03. The minimum atomic E-state index is -0.379. The van der Waals surface area contributed by atoms with Crippen molar-refractivity contribution < 1.29 is 15.0 Å². The van der Waals surface area contributed by atoms with Gasteiger partial charge in [0, 0.05) is 22.7 Å². The number of aromatic nitrogens is 3. The molecule has 122 valence electrons. The van der Waals surface area contributed by atoms with Crippen LogP contribution in [0.4, 0.5) is 0 Å². The van der Waals surface area contributed by atoms with Crippen LogP contribution in [-0.4, -0.2) is 30.9 Å².